The van der Waals surface area contributed by atoms with Crippen LogP contribution in [0.1, 0.15) is 25.6 Å². The lowest BCUT2D eigenvalue weighted by molar-refractivity contribution is 0.583. The Morgan fingerprint density at radius 2 is 1.72 bits per heavy atom. The van der Waals surface area contributed by atoms with E-state index in [4.69, 9.17) is 4.42 Å². The Morgan fingerprint density at radius 1 is 1.00 bits per heavy atom. The van der Waals surface area contributed by atoms with Gasteiger partial charge in [-0.3, -0.25) is 4.98 Å². The van der Waals surface area contributed by atoms with Crippen LogP contribution in [0.2, 0.25) is 0 Å². The fourth-order valence-electron chi connectivity index (χ4n) is 2.96. The Bertz CT molecular complexity index is 1310. The number of thiophene rings is 1. The molecule has 0 amide bonds. The van der Waals surface area contributed by atoms with Gasteiger partial charge in [-0.15, -0.1) is 21.5 Å². The fraction of sp³-hybridized carbons (Fsp3) is 0.273. The molecule has 166 valence electrons. The number of hydrogen-bond donors (Lipinski definition) is 1. The Balaban J connectivity index is 1.57. The third-order valence-electron chi connectivity index (χ3n) is 4.80. The lowest BCUT2D eigenvalue weighted by Gasteiger charge is -2.08. The second-order valence-electron chi connectivity index (χ2n) is 7.37. The van der Waals surface area contributed by atoms with Gasteiger partial charge in [0.25, 0.3) is 11.8 Å². The molecule has 0 unspecified atom stereocenters. The fourth-order valence-corrected chi connectivity index (χ4v) is 4.92. The number of rotatable bonds is 8. The number of nitrogens with one attached hydrogen (secondary N) is 1. The van der Waals surface area contributed by atoms with Crippen LogP contribution in [-0.4, -0.2) is 40.4 Å². The molecule has 0 saturated carbocycles. The van der Waals surface area contributed by atoms with Crippen LogP contribution < -0.4 is 5.32 Å². The highest BCUT2D eigenvalue weighted by Gasteiger charge is 2.19. The van der Waals surface area contributed by atoms with Crippen molar-refractivity contribution in [2.75, 3.05) is 6.54 Å². The van der Waals surface area contributed by atoms with E-state index in [9.17, 15) is 8.42 Å². The quantitative estimate of drug-likeness (QED) is 0.408. The Labute approximate surface area is 190 Å². The highest BCUT2D eigenvalue weighted by atomic mass is 32.2. The molecule has 32 heavy (non-hydrogen) atoms. The number of hydrogen-bond acceptors (Lipinski definition) is 9. The van der Waals surface area contributed by atoms with E-state index in [0.717, 1.165) is 23.5 Å². The molecule has 4 rings (SSSR count). The van der Waals surface area contributed by atoms with Gasteiger partial charge in [-0.25, -0.2) is 13.4 Å². The van der Waals surface area contributed by atoms with Crippen molar-refractivity contribution in [3.05, 3.63) is 53.7 Å². The molecule has 0 bridgehead atoms. The maximum Gasteiger partial charge on any atom is 0.268 e. The van der Waals surface area contributed by atoms with E-state index in [-0.39, 0.29) is 10.8 Å². The molecule has 0 atom stereocenters. The Morgan fingerprint density at radius 3 is 2.44 bits per heavy atom. The summed E-state index contributed by atoms with van der Waals surface area (Å²) in [7, 11) is -3.33. The minimum absolute atomic E-state index is 0.273. The summed E-state index contributed by atoms with van der Waals surface area (Å²) < 4.78 is 30.5. The normalized spacial score (nSPS) is 11.9. The van der Waals surface area contributed by atoms with Crippen LogP contribution in [0.5, 0.6) is 0 Å². The minimum atomic E-state index is -3.33. The van der Waals surface area contributed by atoms with Gasteiger partial charge in [0.1, 0.15) is 5.69 Å². The second kappa shape index (κ2) is 9.27. The number of nitrogens with zero attached hydrogens (tertiary/aromatic N) is 4. The van der Waals surface area contributed by atoms with E-state index >= 15 is 0 Å². The maximum absolute atomic E-state index is 12.3. The molecule has 0 radical (unpaired) electrons. The smallest absolute Gasteiger partial charge is 0.268 e. The zero-order chi connectivity index (χ0) is 22.7. The summed E-state index contributed by atoms with van der Waals surface area (Å²) in [5.74, 6) is 0.707. The third kappa shape index (κ3) is 4.62. The summed E-state index contributed by atoms with van der Waals surface area (Å²) >= 11 is 1.60. The van der Waals surface area contributed by atoms with Crippen LogP contribution >= 0.6 is 11.3 Å². The molecule has 0 saturated heterocycles. The Kier molecular flexibility index (Phi) is 6.45. The molecule has 10 heteroatoms. The summed E-state index contributed by atoms with van der Waals surface area (Å²) in [6, 6.07) is 10.6. The molecule has 1 N–H and O–H groups in total. The zero-order valence-electron chi connectivity index (χ0n) is 17.9. The summed E-state index contributed by atoms with van der Waals surface area (Å²) in [6.07, 6.45) is 3.17. The SMILES string of the molecule is CCNCc1ccc(-c2nnc(-c3cncc(-c4ccc(S(=O)(=O)C(C)C)cc4)n3)o2)s1. The van der Waals surface area contributed by atoms with E-state index in [1.807, 2.05) is 12.1 Å². The first-order valence-corrected chi connectivity index (χ1v) is 12.5. The average molecular weight is 470 g/mol. The van der Waals surface area contributed by atoms with Crippen molar-refractivity contribution in [1.29, 1.82) is 0 Å². The van der Waals surface area contributed by atoms with Crippen LogP contribution in [0.3, 0.4) is 0 Å². The monoisotopic (exact) mass is 469 g/mol. The molecule has 8 nitrogen and oxygen atoms in total. The van der Waals surface area contributed by atoms with Crippen LogP contribution in [0.25, 0.3) is 33.6 Å². The predicted octanol–water partition coefficient (Wildman–Crippen LogP) is 4.21. The van der Waals surface area contributed by atoms with Gasteiger partial charge in [-0.1, -0.05) is 19.1 Å². The molecule has 0 aliphatic heterocycles. The van der Waals surface area contributed by atoms with Gasteiger partial charge >= 0.3 is 0 Å². The van der Waals surface area contributed by atoms with Crippen LogP contribution in [0.4, 0.5) is 0 Å². The lowest BCUT2D eigenvalue weighted by atomic mass is 10.1. The summed E-state index contributed by atoms with van der Waals surface area (Å²) in [4.78, 5) is 11.2. The van der Waals surface area contributed by atoms with Crippen molar-refractivity contribution >= 4 is 21.2 Å². The van der Waals surface area contributed by atoms with Gasteiger partial charge < -0.3 is 9.73 Å². The molecule has 0 fully saturated rings. The molecular formula is C22H23N5O3S2. The molecule has 0 spiro atoms. The van der Waals surface area contributed by atoms with Gasteiger partial charge in [-0.2, -0.15) is 0 Å². The van der Waals surface area contributed by atoms with E-state index in [0.29, 0.717) is 17.3 Å². The van der Waals surface area contributed by atoms with Gasteiger partial charge in [0, 0.05) is 17.0 Å². The predicted molar refractivity (Wildman–Crippen MR) is 124 cm³/mol. The molecule has 0 aliphatic rings. The summed E-state index contributed by atoms with van der Waals surface area (Å²) in [5.41, 5.74) is 1.78. The van der Waals surface area contributed by atoms with E-state index in [2.05, 4.69) is 32.4 Å². The number of aromatic nitrogens is 4. The molecule has 1 aromatic carbocycles. The van der Waals surface area contributed by atoms with Crippen molar-refractivity contribution < 1.29 is 12.8 Å². The van der Waals surface area contributed by atoms with Gasteiger partial charge in [-0.05, 0) is 44.7 Å². The van der Waals surface area contributed by atoms with E-state index in [1.165, 1.54) is 4.88 Å². The highest BCUT2D eigenvalue weighted by Crippen LogP contribution is 2.30. The van der Waals surface area contributed by atoms with Crippen molar-refractivity contribution in [3.63, 3.8) is 0 Å². The minimum Gasteiger partial charge on any atom is -0.414 e. The summed E-state index contributed by atoms with van der Waals surface area (Å²) in [5, 5.41) is 11.1. The third-order valence-corrected chi connectivity index (χ3v) is 8.04. The standard InChI is InChI=1S/C22H23N5O3S2/c1-4-23-11-16-7-10-20(31-16)22-27-26-21(30-22)19-13-24-12-18(25-19)15-5-8-17(9-6-15)32(28,29)14(2)3/h5-10,12-14,23H,4,11H2,1-3H3. The van der Waals surface area contributed by atoms with Crippen LogP contribution in [0.15, 0.2) is 58.1 Å². The summed E-state index contributed by atoms with van der Waals surface area (Å²) in [6.45, 7) is 7.10. The zero-order valence-corrected chi connectivity index (χ0v) is 19.6. The van der Waals surface area contributed by atoms with Crippen molar-refractivity contribution in [2.45, 2.75) is 37.5 Å². The first-order valence-electron chi connectivity index (χ1n) is 10.2. The first kappa shape index (κ1) is 22.3. The second-order valence-corrected chi connectivity index (χ2v) is 11.0. The van der Waals surface area contributed by atoms with E-state index < -0.39 is 15.1 Å². The first-order chi connectivity index (χ1) is 15.4. The average Bonchev–Trinajstić information content (AvgIpc) is 3.47. The number of benzene rings is 1. The van der Waals surface area contributed by atoms with Crippen molar-refractivity contribution in [2.24, 2.45) is 0 Å². The van der Waals surface area contributed by atoms with E-state index in [1.54, 1.807) is 61.8 Å². The van der Waals surface area contributed by atoms with Gasteiger partial charge in [0.15, 0.2) is 9.84 Å². The van der Waals surface area contributed by atoms with Crippen molar-refractivity contribution in [1.82, 2.24) is 25.5 Å². The lowest BCUT2D eigenvalue weighted by Crippen LogP contribution is -2.13. The topological polar surface area (TPSA) is 111 Å². The van der Waals surface area contributed by atoms with Crippen molar-refractivity contribution in [3.8, 4) is 33.6 Å². The van der Waals surface area contributed by atoms with Gasteiger partial charge in [0.05, 0.1) is 33.1 Å². The molecule has 0 aliphatic carbocycles. The maximum atomic E-state index is 12.3. The van der Waals surface area contributed by atoms with Gasteiger partial charge in [0.2, 0.25) is 0 Å². The largest absolute Gasteiger partial charge is 0.414 e. The highest BCUT2D eigenvalue weighted by molar-refractivity contribution is 7.92. The number of sulfone groups is 1. The van der Waals surface area contributed by atoms with Crippen LogP contribution in [0, 0.1) is 0 Å². The van der Waals surface area contributed by atoms with Crippen LogP contribution in [-0.2, 0) is 16.4 Å². The molecule has 3 heterocycles. The molecule has 3 aromatic heterocycles. The molecule has 4 aromatic rings. The molecular weight excluding hydrogens is 446 g/mol. The Hall–Kier alpha value is -2.95.